The van der Waals surface area contributed by atoms with E-state index in [1.807, 2.05) is 19.1 Å². The van der Waals surface area contributed by atoms with Crippen LogP contribution in [0.3, 0.4) is 0 Å². The van der Waals surface area contributed by atoms with Crippen molar-refractivity contribution < 1.29 is 14.3 Å². The number of nitrogens with zero attached hydrogens (tertiary/aromatic N) is 2. The Kier molecular flexibility index (Phi) is 4.53. The summed E-state index contributed by atoms with van der Waals surface area (Å²) < 4.78 is 5.08. The van der Waals surface area contributed by atoms with Gasteiger partial charge in [-0.1, -0.05) is 26.0 Å². The third-order valence-corrected chi connectivity index (χ3v) is 4.94. The molecule has 134 valence electrons. The van der Waals surface area contributed by atoms with E-state index in [2.05, 4.69) is 24.9 Å². The van der Waals surface area contributed by atoms with Crippen LogP contribution in [0, 0.1) is 22.7 Å². The van der Waals surface area contributed by atoms with Crippen molar-refractivity contribution in [1.29, 1.82) is 5.26 Å². The second-order valence-electron chi connectivity index (χ2n) is 7.80. The molecule has 0 N–H and O–H groups in total. The van der Waals surface area contributed by atoms with Crippen molar-refractivity contribution >= 4 is 17.5 Å². The zero-order valence-electron chi connectivity index (χ0n) is 15.5. The molecule has 0 saturated heterocycles. The highest BCUT2D eigenvalue weighted by Crippen LogP contribution is 2.47. The largest absolute Gasteiger partial charge is 0.427 e. The van der Waals surface area contributed by atoms with Crippen molar-refractivity contribution in [1.82, 2.24) is 0 Å². The van der Waals surface area contributed by atoms with Crippen LogP contribution in [0.2, 0.25) is 0 Å². The molecule has 26 heavy (non-hydrogen) atoms. The quantitative estimate of drug-likeness (QED) is 0.597. The lowest BCUT2D eigenvalue weighted by Gasteiger charge is -2.37. The van der Waals surface area contributed by atoms with Crippen molar-refractivity contribution in [2.24, 2.45) is 16.3 Å². The molecule has 2 atom stereocenters. The number of esters is 1. The van der Waals surface area contributed by atoms with E-state index in [9.17, 15) is 14.9 Å². The van der Waals surface area contributed by atoms with Crippen LogP contribution in [-0.4, -0.2) is 17.5 Å². The number of hydrogen-bond acceptors (Lipinski definition) is 5. The van der Waals surface area contributed by atoms with Crippen LogP contribution in [0.15, 0.2) is 40.5 Å². The van der Waals surface area contributed by atoms with Crippen LogP contribution < -0.4 is 4.74 Å². The van der Waals surface area contributed by atoms with Gasteiger partial charge in [-0.15, -0.1) is 0 Å². The number of nitriles is 1. The molecule has 0 bridgehead atoms. The Bertz CT molecular complexity index is 870. The van der Waals surface area contributed by atoms with Crippen molar-refractivity contribution in [3.63, 3.8) is 0 Å². The van der Waals surface area contributed by atoms with Gasteiger partial charge in [0, 0.05) is 36.2 Å². The standard InChI is InChI=1S/C21H22N2O3/c1-12-16(11-22)19(14-5-7-15(8-6-14)26-13(2)24)20-17(23-12)9-21(3,4)10-18(20)25/h5-8,16,19H,9-10H2,1-4H3/t16?,19-/m0/s1. The minimum absolute atomic E-state index is 0.0711. The number of ketones is 1. The molecule has 0 fully saturated rings. The van der Waals surface area contributed by atoms with Crippen molar-refractivity contribution in [2.45, 2.75) is 46.5 Å². The lowest BCUT2D eigenvalue weighted by atomic mass is 9.67. The van der Waals surface area contributed by atoms with Gasteiger partial charge in [0.1, 0.15) is 5.75 Å². The van der Waals surface area contributed by atoms with Gasteiger partial charge < -0.3 is 4.74 Å². The van der Waals surface area contributed by atoms with Gasteiger partial charge in [-0.05, 0) is 36.5 Å². The van der Waals surface area contributed by atoms with Crippen molar-refractivity contribution in [3.8, 4) is 11.8 Å². The highest BCUT2D eigenvalue weighted by molar-refractivity contribution is 6.03. The number of Topliss-reactive ketones (excluding diaryl/α,β-unsaturated/α-hetero) is 1. The number of benzene rings is 1. The Morgan fingerprint density at radius 3 is 2.50 bits per heavy atom. The Morgan fingerprint density at radius 2 is 1.92 bits per heavy atom. The topological polar surface area (TPSA) is 79.5 Å². The van der Waals surface area contributed by atoms with E-state index in [-0.39, 0.29) is 23.1 Å². The molecule has 0 aromatic heterocycles. The number of aliphatic imine (C=N–C) groups is 1. The molecule has 1 aliphatic heterocycles. The molecule has 1 unspecified atom stereocenters. The number of hydrogen-bond donors (Lipinski definition) is 0. The van der Waals surface area contributed by atoms with Crippen LogP contribution in [-0.2, 0) is 9.59 Å². The Morgan fingerprint density at radius 1 is 1.27 bits per heavy atom. The van der Waals surface area contributed by atoms with E-state index in [1.165, 1.54) is 6.92 Å². The van der Waals surface area contributed by atoms with Gasteiger partial charge in [0.05, 0.1) is 12.0 Å². The predicted molar refractivity (Wildman–Crippen MR) is 97.8 cm³/mol. The fourth-order valence-electron chi connectivity index (χ4n) is 3.88. The molecular weight excluding hydrogens is 328 g/mol. The Labute approximate surface area is 153 Å². The fraction of sp³-hybridized carbons (Fsp3) is 0.429. The normalized spacial score (nSPS) is 24.4. The average Bonchev–Trinajstić information content (AvgIpc) is 2.52. The van der Waals surface area contributed by atoms with E-state index in [0.29, 0.717) is 17.7 Å². The lowest BCUT2D eigenvalue weighted by Crippen LogP contribution is -2.35. The number of rotatable bonds is 2. The molecule has 0 amide bonds. The summed E-state index contributed by atoms with van der Waals surface area (Å²) >= 11 is 0. The molecule has 1 aliphatic carbocycles. The molecule has 1 heterocycles. The summed E-state index contributed by atoms with van der Waals surface area (Å²) in [6.45, 7) is 7.34. The van der Waals surface area contributed by atoms with E-state index < -0.39 is 5.92 Å². The van der Waals surface area contributed by atoms with E-state index in [4.69, 9.17) is 4.74 Å². The molecule has 2 aliphatic rings. The minimum Gasteiger partial charge on any atom is -0.427 e. The van der Waals surface area contributed by atoms with Crippen LogP contribution in [0.25, 0.3) is 0 Å². The molecule has 1 aromatic rings. The maximum absolute atomic E-state index is 12.9. The average molecular weight is 350 g/mol. The van der Waals surface area contributed by atoms with E-state index in [0.717, 1.165) is 23.4 Å². The fourth-order valence-corrected chi connectivity index (χ4v) is 3.88. The highest BCUT2D eigenvalue weighted by Gasteiger charge is 2.43. The van der Waals surface area contributed by atoms with Crippen molar-refractivity contribution in [2.75, 3.05) is 0 Å². The molecule has 0 spiro atoms. The van der Waals surface area contributed by atoms with Crippen LogP contribution in [0.5, 0.6) is 5.75 Å². The lowest BCUT2D eigenvalue weighted by molar-refractivity contribution is -0.131. The number of allylic oxidation sites excluding steroid dienone is 2. The summed E-state index contributed by atoms with van der Waals surface area (Å²) in [7, 11) is 0. The van der Waals surface area contributed by atoms with E-state index >= 15 is 0 Å². The van der Waals surface area contributed by atoms with Crippen molar-refractivity contribution in [3.05, 3.63) is 41.1 Å². The first-order valence-corrected chi connectivity index (χ1v) is 8.71. The summed E-state index contributed by atoms with van der Waals surface area (Å²) in [6.07, 6.45) is 1.19. The molecule has 0 saturated carbocycles. The second kappa shape index (κ2) is 6.53. The third-order valence-electron chi connectivity index (χ3n) is 4.94. The zero-order chi connectivity index (χ0) is 19.1. The van der Waals surface area contributed by atoms with Crippen LogP contribution in [0.4, 0.5) is 0 Å². The van der Waals surface area contributed by atoms with Gasteiger partial charge in [-0.25, -0.2) is 0 Å². The first-order valence-electron chi connectivity index (χ1n) is 8.71. The smallest absolute Gasteiger partial charge is 0.308 e. The van der Waals surface area contributed by atoms with Gasteiger partial charge in [0.2, 0.25) is 0 Å². The first kappa shape index (κ1) is 18.1. The Balaban J connectivity index is 2.07. The number of carbonyl (C=O) groups is 2. The summed E-state index contributed by atoms with van der Waals surface area (Å²) in [4.78, 5) is 28.6. The third kappa shape index (κ3) is 3.32. The van der Waals surface area contributed by atoms with Gasteiger partial charge in [0.25, 0.3) is 0 Å². The van der Waals surface area contributed by atoms with Crippen LogP contribution >= 0.6 is 0 Å². The predicted octanol–water partition coefficient (Wildman–Crippen LogP) is 3.95. The second-order valence-corrected chi connectivity index (χ2v) is 7.80. The SMILES string of the molecule is CC(=O)Oc1ccc([C@@H]2C3=C(CC(C)(C)CC3=O)N=C(C)C2C#N)cc1. The minimum atomic E-state index is -0.474. The maximum Gasteiger partial charge on any atom is 0.308 e. The summed E-state index contributed by atoms with van der Waals surface area (Å²) in [5.74, 6) is -0.674. The molecule has 5 heteroatoms. The van der Waals surface area contributed by atoms with Gasteiger partial charge in [0.15, 0.2) is 5.78 Å². The highest BCUT2D eigenvalue weighted by atomic mass is 16.5. The molecule has 1 aromatic carbocycles. The van der Waals surface area contributed by atoms with Crippen LogP contribution in [0.1, 0.15) is 52.0 Å². The zero-order valence-corrected chi connectivity index (χ0v) is 15.5. The first-order chi connectivity index (χ1) is 12.2. The number of ether oxygens (including phenoxy) is 1. The molecular formula is C21H22N2O3. The number of carbonyl (C=O) groups excluding carboxylic acids is 2. The van der Waals surface area contributed by atoms with Gasteiger partial charge >= 0.3 is 5.97 Å². The monoisotopic (exact) mass is 350 g/mol. The summed E-state index contributed by atoms with van der Waals surface area (Å²) in [6, 6.07) is 9.36. The molecule has 5 nitrogen and oxygen atoms in total. The molecule has 0 radical (unpaired) electrons. The van der Waals surface area contributed by atoms with Gasteiger partial charge in [-0.3, -0.25) is 14.6 Å². The Hall–Kier alpha value is -2.74. The van der Waals surface area contributed by atoms with E-state index in [1.54, 1.807) is 12.1 Å². The summed E-state index contributed by atoms with van der Waals surface area (Å²) in [5.41, 5.74) is 2.96. The summed E-state index contributed by atoms with van der Waals surface area (Å²) in [5, 5.41) is 9.71. The maximum atomic E-state index is 12.9. The van der Waals surface area contributed by atoms with Gasteiger partial charge in [-0.2, -0.15) is 5.26 Å². The molecule has 3 rings (SSSR count).